The van der Waals surface area contributed by atoms with Crippen molar-refractivity contribution in [1.82, 2.24) is 0 Å². The van der Waals surface area contributed by atoms with E-state index in [2.05, 4.69) is 13.8 Å². The normalized spacial score (nSPS) is 11.9. The molecule has 78 heavy (non-hydrogen) atoms. The van der Waals surface area contributed by atoms with E-state index in [4.69, 9.17) is 112 Å². The molecule has 0 aliphatic rings. The van der Waals surface area contributed by atoms with Gasteiger partial charge in [0.2, 0.25) is 0 Å². The molecule has 0 amide bonds. The minimum Gasteiger partial charge on any atom is -0.379 e. The van der Waals surface area contributed by atoms with Crippen LogP contribution in [0, 0.1) is 0 Å². The van der Waals surface area contributed by atoms with E-state index < -0.39 is 16.7 Å². The summed E-state index contributed by atoms with van der Waals surface area (Å²) in [5.41, 5.74) is 0. The summed E-state index contributed by atoms with van der Waals surface area (Å²) in [4.78, 5) is 0. The van der Waals surface area contributed by atoms with Gasteiger partial charge in [0.1, 0.15) is 0 Å². The van der Waals surface area contributed by atoms with E-state index in [1.165, 1.54) is 32.1 Å². The molecule has 0 saturated heterocycles. The van der Waals surface area contributed by atoms with Crippen LogP contribution in [0.3, 0.4) is 0 Å². The van der Waals surface area contributed by atoms with Gasteiger partial charge in [-0.25, -0.2) is 0 Å². The molecule has 0 aromatic heterocycles. The minimum atomic E-state index is -4.67. The van der Waals surface area contributed by atoms with E-state index in [0.717, 1.165) is 25.9 Å². The van der Waals surface area contributed by atoms with Crippen LogP contribution in [0.5, 0.6) is 0 Å². The van der Waals surface area contributed by atoms with E-state index >= 15 is 0 Å². The summed E-state index contributed by atoms with van der Waals surface area (Å²) in [6, 6.07) is 0. The fraction of sp³-hybridized carbons (Fsp3) is 1.00. The molecule has 0 rings (SSSR count). The van der Waals surface area contributed by atoms with Crippen molar-refractivity contribution in [2.24, 2.45) is 0 Å². The molecule has 474 valence electrons. The maximum absolute atomic E-state index is 9.67. The molecule has 0 aliphatic carbocycles. The van der Waals surface area contributed by atoms with E-state index in [0.29, 0.717) is 244 Å². The zero-order chi connectivity index (χ0) is 57.5. The molecule has 0 aromatic rings. The van der Waals surface area contributed by atoms with Crippen LogP contribution in [0.1, 0.15) is 79.1 Å². The molecule has 0 fully saturated rings. The number of hydrogen-bond acceptors (Lipinski definition) is 23. The molecule has 1 atom stereocenters. The number of aliphatic hydroxyl groups is 1. The van der Waals surface area contributed by atoms with Crippen LogP contribution < -0.4 is 0 Å². The minimum absolute atomic E-state index is 0.191. The second-order valence-electron chi connectivity index (χ2n) is 16.2. The number of unbranched alkanes of at least 4 members (excludes halogenated alkanes) is 6. The zero-order valence-electron chi connectivity index (χ0n) is 48.5. The lowest BCUT2D eigenvalue weighted by Gasteiger charge is -2.12. The summed E-state index contributed by atoms with van der Waals surface area (Å²) in [5.74, 6) is 0. The van der Waals surface area contributed by atoms with E-state index in [1.54, 1.807) is 0 Å². The highest BCUT2D eigenvalue weighted by atomic mass is 32.3. The van der Waals surface area contributed by atoms with Gasteiger partial charge in [0, 0.05) is 26.4 Å². The van der Waals surface area contributed by atoms with Gasteiger partial charge in [0.15, 0.2) is 6.29 Å². The van der Waals surface area contributed by atoms with Crippen molar-refractivity contribution in [3.8, 4) is 0 Å². The first-order valence-corrected chi connectivity index (χ1v) is 29.6. The molecule has 1 unspecified atom stereocenters. The Labute approximate surface area is 469 Å². The van der Waals surface area contributed by atoms with Gasteiger partial charge >= 0.3 is 10.4 Å². The monoisotopic (exact) mass is 1170 g/mol. The molecule has 26 heteroatoms. The fourth-order valence-corrected chi connectivity index (χ4v) is 5.54. The van der Waals surface area contributed by atoms with E-state index in [9.17, 15) is 5.11 Å². The van der Waals surface area contributed by atoms with Crippen LogP contribution in [-0.4, -0.2) is 287 Å². The number of aliphatic hydroxyl groups excluding tert-OH is 1. The van der Waals surface area contributed by atoms with Crippen LogP contribution in [0.25, 0.3) is 0 Å². The fourth-order valence-electron chi connectivity index (χ4n) is 5.54. The highest BCUT2D eigenvalue weighted by molar-refractivity contribution is 7.79. The predicted octanol–water partition coefficient (Wildman–Crippen LogP) is 4.17. The SMILES string of the molecule is CCCCCCOCC(O)OCCOCCOCCOCCOCCOCCOCCOCCOCC.CCCCCCOCCOCCOCCOCCOCCOCCOCCOCCOCCOCC.O=S(=O)(O)O. The molecule has 3 N–H and O–H groups in total. The highest BCUT2D eigenvalue weighted by Crippen LogP contribution is 2.01. The third kappa shape index (κ3) is 91.5. The first-order valence-electron chi connectivity index (χ1n) is 28.2. The Morgan fingerprint density at radius 3 is 0.641 bits per heavy atom. The summed E-state index contributed by atoms with van der Waals surface area (Å²) < 4.78 is 140. The molecule has 0 bridgehead atoms. The molecule has 0 aliphatic heterocycles. The largest absolute Gasteiger partial charge is 0.394 e. The summed E-state index contributed by atoms with van der Waals surface area (Å²) in [5, 5.41) is 9.67. The Balaban J connectivity index is -0.00000132. The second-order valence-corrected chi connectivity index (χ2v) is 17.1. The van der Waals surface area contributed by atoms with Gasteiger partial charge < -0.3 is 99.8 Å². The maximum atomic E-state index is 9.67. The highest BCUT2D eigenvalue weighted by Gasteiger charge is 2.04. The van der Waals surface area contributed by atoms with E-state index in [-0.39, 0.29) is 6.61 Å². The molecule has 0 saturated carbocycles. The standard InChI is InChI=1S/C26H54O11.C26H54O10.H2O4S/c1-3-5-6-7-8-36-25-26(27)37-24-23-35-22-21-34-20-19-33-18-17-32-16-15-31-14-13-30-12-11-29-10-9-28-4-2;1-3-5-6-7-8-28-11-12-30-15-16-32-19-20-34-23-24-36-26-25-35-22-21-33-18-17-31-14-13-29-10-9-27-4-2;1-5(2,3)4/h26-27H,3-25H2,1-2H3;3-26H2,1-2H3;(H2,1,2,3,4). The van der Waals surface area contributed by atoms with Crippen LogP contribution in [0.2, 0.25) is 0 Å². The lowest BCUT2D eigenvalue weighted by molar-refractivity contribution is -0.147. The van der Waals surface area contributed by atoms with Crippen molar-refractivity contribution < 1.29 is 117 Å². The maximum Gasteiger partial charge on any atom is 0.394 e. The summed E-state index contributed by atoms with van der Waals surface area (Å²) in [7, 11) is -4.67. The van der Waals surface area contributed by atoms with Gasteiger partial charge in [-0.1, -0.05) is 52.4 Å². The average molecular weight is 1170 g/mol. The lowest BCUT2D eigenvalue weighted by Crippen LogP contribution is -2.22. The Hall–Kier alpha value is -0.970. The Morgan fingerprint density at radius 2 is 0.436 bits per heavy atom. The van der Waals surface area contributed by atoms with Crippen LogP contribution in [0.15, 0.2) is 0 Å². The molecule has 0 aromatic carbocycles. The Kier molecular flexibility index (Phi) is 79.2. The summed E-state index contributed by atoms with van der Waals surface area (Å²) >= 11 is 0. The topological polar surface area (TPSA) is 279 Å². The average Bonchev–Trinajstić information content (AvgIpc) is 3.42. The summed E-state index contributed by atoms with van der Waals surface area (Å²) in [6.07, 6.45) is 8.59. The molecule has 0 radical (unpaired) electrons. The third-order valence-corrected chi connectivity index (χ3v) is 9.44. The van der Waals surface area contributed by atoms with Crippen LogP contribution in [0.4, 0.5) is 0 Å². The molecule has 25 nitrogen and oxygen atoms in total. The second kappa shape index (κ2) is 76.0. The van der Waals surface area contributed by atoms with Crippen LogP contribution in [-0.2, 0) is 105 Å². The molecule has 0 spiro atoms. The van der Waals surface area contributed by atoms with Crippen molar-refractivity contribution in [3.05, 3.63) is 0 Å². The lowest BCUT2D eigenvalue weighted by atomic mass is 10.2. The van der Waals surface area contributed by atoms with Gasteiger partial charge in [0.05, 0.1) is 231 Å². The first-order chi connectivity index (χ1) is 38.2. The number of ether oxygens (including phenoxy) is 20. The predicted molar refractivity (Wildman–Crippen MR) is 291 cm³/mol. The van der Waals surface area contributed by atoms with Crippen molar-refractivity contribution >= 4 is 10.4 Å². The molecular weight excluding hydrogens is 1060 g/mol. The van der Waals surface area contributed by atoms with Gasteiger partial charge in [-0.05, 0) is 26.7 Å². The number of hydrogen-bond donors (Lipinski definition) is 3. The zero-order valence-corrected chi connectivity index (χ0v) is 49.4. The van der Waals surface area contributed by atoms with Crippen LogP contribution >= 0.6 is 0 Å². The van der Waals surface area contributed by atoms with Crippen molar-refractivity contribution in [3.63, 3.8) is 0 Å². The Morgan fingerprint density at radius 1 is 0.256 bits per heavy atom. The van der Waals surface area contributed by atoms with Crippen molar-refractivity contribution in [2.45, 2.75) is 85.4 Å². The molecule has 0 heterocycles. The smallest absolute Gasteiger partial charge is 0.379 e. The first kappa shape index (κ1) is 81.2. The van der Waals surface area contributed by atoms with E-state index in [1.807, 2.05) is 13.8 Å². The van der Waals surface area contributed by atoms with Gasteiger partial charge in [-0.3, -0.25) is 9.11 Å². The molecular formula is C52H110O25S. The Bertz CT molecular complexity index is 1100. The van der Waals surface area contributed by atoms with Gasteiger partial charge in [-0.2, -0.15) is 8.42 Å². The number of rotatable bonds is 66. The van der Waals surface area contributed by atoms with Crippen molar-refractivity contribution in [2.75, 3.05) is 258 Å². The quantitative estimate of drug-likeness (QED) is 0.0438. The van der Waals surface area contributed by atoms with Crippen molar-refractivity contribution in [1.29, 1.82) is 0 Å². The third-order valence-electron chi connectivity index (χ3n) is 9.44. The van der Waals surface area contributed by atoms with Gasteiger partial charge in [0.25, 0.3) is 0 Å². The summed E-state index contributed by atoms with van der Waals surface area (Å²) in [6.45, 7) is 29.7. The van der Waals surface area contributed by atoms with Gasteiger partial charge in [-0.15, -0.1) is 0 Å².